The summed E-state index contributed by atoms with van der Waals surface area (Å²) in [6.45, 7) is 0.341. The van der Waals surface area contributed by atoms with E-state index in [0.29, 0.717) is 29.7 Å². The van der Waals surface area contributed by atoms with Crippen molar-refractivity contribution in [2.75, 3.05) is 17.7 Å². The van der Waals surface area contributed by atoms with Crippen molar-refractivity contribution in [3.8, 4) is 0 Å². The minimum atomic E-state index is -0.323. The summed E-state index contributed by atoms with van der Waals surface area (Å²) in [5.41, 5.74) is 2.36. The second kappa shape index (κ2) is 5.80. The number of amides is 2. The van der Waals surface area contributed by atoms with Gasteiger partial charge in [0.15, 0.2) is 0 Å². The molecule has 3 rings (SSSR count). The number of urea groups is 1. The van der Waals surface area contributed by atoms with Crippen LogP contribution in [0.25, 0.3) is 0 Å². The molecule has 22 heavy (non-hydrogen) atoms. The standard InChI is InChI=1S/C14H20N6O2/c1-19-7-11(12(17-19)8-22-3)15-14(21)16-13-6-10(9-4-5-9)18-20(13)2/h6-7,9H,4-5,8H2,1-3H3,(H2,15,16,21). The van der Waals surface area contributed by atoms with Gasteiger partial charge in [-0.25, -0.2) is 4.79 Å². The normalized spacial score (nSPS) is 14.1. The summed E-state index contributed by atoms with van der Waals surface area (Å²) in [4.78, 5) is 12.2. The molecule has 8 heteroatoms. The highest BCUT2D eigenvalue weighted by atomic mass is 16.5. The Hall–Kier alpha value is -2.35. The SMILES string of the molecule is COCc1nn(C)cc1NC(=O)Nc1cc(C2CC2)nn1C. The van der Waals surface area contributed by atoms with Gasteiger partial charge < -0.3 is 10.1 Å². The topological polar surface area (TPSA) is 86.0 Å². The highest BCUT2D eigenvalue weighted by Crippen LogP contribution is 2.39. The summed E-state index contributed by atoms with van der Waals surface area (Å²) in [7, 11) is 5.21. The van der Waals surface area contributed by atoms with Crippen LogP contribution in [0.4, 0.5) is 16.3 Å². The zero-order valence-corrected chi connectivity index (χ0v) is 13.0. The van der Waals surface area contributed by atoms with Gasteiger partial charge in [0.2, 0.25) is 0 Å². The molecule has 0 atom stereocenters. The summed E-state index contributed by atoms with van der Waals surface area (Å²) in [5, 5.41) is 14.3. The lowest BCUT2D eigenvalue weighted by molar-refractivity contribution is 0.181. The number of anilines is 2. The number of carbonyl (C=O) groups is 1. The molecular formula is C14H20N6O2. The maximum Gasteiger partial charge on any atom is 0.324 e. The highest BCUT2D eigenvalue weighted by molar-refractivity contribution is 5.99. The Morgan fingerprint density at radius 3 is 2.82 bits per heavy atom. The minimum absolute atomic E-state index is 0.323. The van der Waals surface area contributed by atoms with Crippen LogP contribution in [0, 0.1) is 0 Å². The molecule has 0 unspecified atom stereocenters. The van der Waals surface area contributed by atoms with Gasteiger partial charge in [0.25, 0.3) is 0 Å². The number of ether oxygens (including phenoxy) is 1. The number of aromatic nitrogens is 4. The van der Waals surface area contributed by atoms with Crippen molar-refractivity contribution in [3.05, 3.63) is 23.7 Å². The van der Waals surface area contributed by atoms with Crippen molar-refractivity contribution in [2.45, 2.75) is 25.4 Å². The molecule has 1 saturated carbocycles. The first-order chi connectivity index (χ1) is 10.6. The molecular weight excluding hydrogens is 284 g/mol. The second-order valence-electron chi connectivity index (χ2n) is 5.53. The fourth-order valence-corrected chi connectivity index (χ4v) is 2.34. The predicted molar refractivity (Wildman–Crippen MR) is 81.7 cm³/mol. The maximum absolute atomic E-state index is 12.2. The predicted octanol–water partition coefficient (Wildman–Crippen LogP) is 1.82. The average Bonchev–Trinajstić information content (AvgIpc) is 3.16. The van der Waals surface area contributed by atoms with Gasteiger partial charge in [0.05, 0.1) is 18.0 Å². The van der Waals surface area contributed by atoms with Crippen LogP contribution in [0.2, 0.25) is 0 Å². The van der Waals surface area contributed by atoms with E-state index >= 15 is 0 Å². The molecule has 8 nitrogen and oxygen atoms in total. The monoisotopic (exact) mass is 304 g/mol. The number of hydrogen-bond donors (Lipinski definition) is 2. The third-order valence-corrected chi connectivity index (χ3v) is 3.57. The molecule has 0 aliphatic heterocycles. The molecule has 0 aromatic carbocycles. The summed E-state index contributed by atoms with van der Waals surface area (Å²) in [6.07, 6.45) is 4.10. The highest BCUT2D eigenvalue weighted by Gasteiger charge is 2.27. The zero-order valence-electron chi connectivity index (χ0n) is 13.0. The van der Waals surface area contributed by atoms with Crippen molar-refractivity contribution in [1.82, 2.24) is 19.6 Å². The number of hydrogen-bond acceptors (Lipinski definition) is 4. The number of nitrogens with one attached hydrogen (secondary N) is 2. The third-order valence-electron chi connectivity index (χ3n) is 3.57. The van der Waals surface area contributed by atoms with E-state index in [0.717, 1.165) is 5.69 Å². The van der Waals surface area contributed by atoms with Crippen molar-refractivity contribution >= 4 is 17.5 Å². The Morgan fingerprint density at radius 2 is 2.14 bits per heavy atom. The molecule has 1 aliphatic rings. The van der Waals surface area contributed by atoms with Gasteiger partial charge in [-0.15, -0.1) is 0 Å². The third kappa shape index (κ3) is 3.11. The summed E-state index contributed by atoms with van der Waals surface area (Å²) in [5.74, 6) is 1.23. The van der Waals surface area contributed by atoms with Crippen molar-refractivity contribution in [2.24, 2.45) is 14.1 Å². The molecule has 1 fully saturated rings. The first kappa shape index (κ1) is 14.6. The van der Waals surface area contributed by atoms with Crippen molar-refractivity contribution in [3.63, 3.8) is 0 Å². The molecule has 0 bridgehead atoms. The van der Waals surface area contributed by atoms with E-state index in [2.05, 4.69) is 20.8 Å². The lowest BCUT2D eigenvalue weighted by atomic mass is 10.3. The van der Waals surface area contributed by atoms with Crippen LogP contribution in [-0.2, 0) is 25.4 Å². The van der Waals surface area contributed by atoms with Crippen LogP contribution in [-0.4, -0.2) is 32.7 Å². The van der Waals surface area contributed by atoms with Gasteiger partial charge in [-0.1, -0.05) is 0 Å². The van der Waals surface area contributed by atoms with E-state index in [1.165, 1.54) is 12.8 Å². The lowest BCUT2D eigenvalue weighted by Gasteiger charge is -2.07. The van der Waals surface area contributed by atoms with Crippen LogP contribution >= 0.6 is 0 Å². The second-order valence-corrected chi connectivity index (χ2v) is 5.53. The molecule has 118 valence electrons. The molecule has 0 saturated heterocycles. The fraction of sp³-hybridized carbons (Fsp3) is 0.500. The Kier molecular flexibility index (Phi) is 3.84. The van der Waals surface area contributed by atoms with E-state index in [1.807, 2.05) is 13.1 Å². The first-order valence-corrected chi connectivity index (χ1v) is 7.20. The minimum Gasteiger partial charge on any atom is -0.378 e. The number of rotatable bonds is 5. The van der Waals surface area contributed by atoms with Crippen molar-refractivity contribution < 1.29 is 9.53 Å². The summed E-state index contributed by atoms with van der Waals surface area (Å²) >= 11 is 0. The van der Waals surface area contributed by atoms with E-state index in [4.69, 9.17) is 4.74 Å². The molecule has 2 N–H and O–H groups in total. The van der Waals surface area contributed by atoms with Gasteiger partial charge in [-0.05, 0) is 12.8 Å². The average molecular weight is 304 g/mol. The molecule has 2 amide bonds. The van der Waals surface area contributed by atoms with Crippen molar-refractivity contribution in [1.29, 1.82) is 0 Å². The van der Waals surface area contributed by atoms with Crippen LogP contribution < -0.4 is 10.6 Å². The van der Waals surface area contributed by atoms with Crippen LogP contribution in [0.5, 0.6) is 0 Å². The molecule has 2 heterocycles. The van der Waals surface area contributed by atoms with E-state index in [1.54, 1.807) is 29.7 Å². The molecule has 0 radical (unpaired) electrons. The smallest absolute Gasteiger partial charge is 0.324 e. The number of methoxy groups -OCH3 is 1. The summed E-state index contributed by atoms with van der Waals surface area (Å²) < 4.78 is 8.40. The number of aryl methyl sites for hydroxylation is 2. The van der Waals surface area contributed by atoms with E-state index in [9.17, 15) is 4.79 Å². The summed E-state index contributed by atoms with van der Waals surface area (Å²) in [6, 6.07) is 1.60. The molecule has 2 aromatic heterocycles. The molecule has 2 aromatic rings. The quantitative estimate of drug-likeness (QED) is 0.882. The van der Waals surface area contributed by atoms with Gasteiger partial charge in [0.1, 0.15) is 11.5 Å². The Morgan fingerprint density at radius 1 is 1.36 bits per heavy atom. The number of nitrogens with zero attached hydrogens (tertiary/aromatic N) is 4. The fourth-order valence-electron chi connectivity index (χ4n) is 2.34. The lowest BCUT2D eigenvalue weighted by Crippen LogP contribution is -2.21. The Labute approximate surface area is 128 Å². The molecule has 1 aliphatic carbocycles. The largest absolute Gasteiger partial charge is 0.378 e. The van der Waals surface area contributed by atoms with Crippen LogP contribution in [0.15, 0.2) is 12.3 Å². The number of carbonyl (C=O) groups excluding carboxylic acids is 1. The maximum atomic E-state index is 12.2. The van der Waals surface area contributed by atoms with Gasteiger partial charge in [-0.3, -0.25) is 14.7 Å². The van der Waals surface area contributed by atoms with Crippen LogP contribution in [0.1, 0.15) is 30.1 Å². The zero-order chi connectivity index (χ0) is 15.7. The van der Waals surface area contributed by atoms with Gasteiger partial charge >= 0.3 is 6.03 Å². The van der Waals surface area contributed by atoms with Gasteiger partial charge in [0, 0.05) is 39.4 Å². The first-order valence-electron chi connectivity index (χ1n) is 7.20. The van der Waals surface area contributed by atoms with Crippen LogP contribution in [0.3, 0.4) is 0 Å². The Bertz CT molecular complexity index is 686. The van der Waals surface area contributed by atoms with Gasteiger partial charge in [-0.2, -0.15) is 10.2 Å². The van der Waals surface area contributed by atoms with E-state index in [-0.39, 0.29) is 6.03 Å². The molecule has 0 spiro atoms. The van der Waals surface area contributed by atoms with E-state index < -0.39 is 0 Å². The Balaban J connectivity index is 1.67.